The highest BCUT2D eigenvalue weighted by molar-refractivity contribution is 5.93. The zero-order chi connectivity index (χ0) is 20.8. The largest absolute Gasteiger partial charge is 0.394 e. The minimum atomic E-state index is -0.368. The first-order valence-electron chi connectivity index (χ1n) is 10.0. The van der Waals surface area contributed by atoms with Crippen molar-refractivity contribution in [1.82, 2.24) is 29.3 Å². The molecule has 1 fully saturated rings. The highest BCUT2D eigenvalue weighted by Crippen LogP contribution is 2.39. The zero-order valence-electron chi connectivity index (χ0n) is 16.9. The first-order chi connectivity index (χ1) is 14.5. The molecule has 8 nitrogen and oxygen atoms in total. The molecule has 0 amide bonds. The second kappa shape index (κ2) is 7.14. The van der Waals surface area contributed by atoms with E-state index < -0.39 is 0 Å². The van der Waals surface area contributed by atoms with E-state index in [0.717, 1.165) is 16.8 Å². The lowest BCUT2D eigenvalue weighted by molar-refractivity contribution is 0.236. The first kappa shape index (κ1) is 18.6. The minimum Gasteiger partial charge on any atom is -0.394 e. The van der Waals surface area contributed by atoms with E-state index in [1.165, 1.54) is 23.7 Å². The summed E-state index contributed by atoms with van der Waals surface area (Å²) in [6.45, 7) is 1.63. The molecule has 0 aliphatic heterocycles. The molecule has 4 aromatic heterocycles. The molecule has 4 aromatic rings. The number of aromatic nitrogens is 6. The number of rotatable bonds is 5. The number of pyridine rings is 2. The number of hydrogen-bond acceptors (Lipinski definition) is 6. The quantitative estimate of drug-likeness (QED) is 0.551. The van der Waals surface area contributed by atoms with Crippen LogP contribution in [0.3, 0.4) is 0 Å². The minimum absolute atomic E-state index is 0.146. The van der Waals surface area contributed by atoms with E-state index in [4.69, 9.17) is 4.98 Å². The maximum Gasteiger partial charge on any atom is 0.261 e. The van der Waals surface area contributed by atoms with E-state index in [-0.39, 0.29) is 18.2 Å². The molecule has 1 aliphatic rings. The Hall–Kier alpha value is -3.39. The summed E-state index contributed by atoms with van der Waals surface area (Å²) in [5, 5.41) is 14.2. The van der Waals surface area contributed by atoms with Gasteiger partial charge in [-0.25, -0.2) is 9.97 Å². The molecule has 0 radical (unpaired) electrons. The molecule has 1 aliphatic carbocycles. The molecule has 5 rings (SSSR count). The van der Waals surface area contributed by atoms with E-state index >= 15 is 0 Å². The van der Waals surface area contributed by atoms with Gasteiger partial charge in [0.2, 0.25) is 0 Å². The van der Waals surface area contributed by atoms with Gasteiger partial charge in [-0.2, -0.15) is 5.10 Å². The van der Waals surface area contributed by atoms with Gasteiger partial charge in [0.25, 0.3) is 5.56 Å². The summed E-state index contributed by atoms with van der Waals surface area (Å²) >= 11 is 0. The Labute approximate surface area is 172 Å². The monoisotopic (exact) mass is 402 g/mol. The number of hydrogen-bond donors (Lipinski definition) is 1. The average Bonchev–Trinajstić information content (AvgIpc) is 3.53. The van der Waals surface area contributed by atoms with Crippen LogP contribution in [0.15, 0.2) is 47.9 Å². The van der Waals surface area contributed by atoms with E-state index in [0.29, 0.717) is 28.2 Å². The third-order valence-electron chi connectivity index (χ3n) is 5.56. The van der Waals surface area contributed by atoms with E-state index in [1.807, 2.05) is 31.6 Å². The molecule has 8 heteroatoms. The van der Waals surface area contributed by atoms with Crippen LogP contribution in [0.4, 0.5) is 0 Å². The van der Waals surface area contributed by atoms with Crippen LogP contribution in [0.25, 0.3) is 33.4 Å². The SMILES string of the molecule is C[C@@H](CO)n1cnc2c(-c3cnn(C)c3)nc(-c3ccc(C4CC4)nc3)cc2c1=O. The standard InChI is InChI=1S/C22H22N6O2/c1-13(11-29)28-12-24-21-17(22(28)30)7-19(26-20(21)16-9-25-27(2)10-16)15-5-6-18(23-8-15)14-3-4-14/h5-10,12-14,29H,3-4,11H2,1-2H3/t13-/m0/s1. The Bertz CT molecular complexity index is 1290. The molecule has 0 bridgehead atoms. The van der Waals surface area contributed by atoms with Gasteiger partial charge in [-0.05, 0) is 38.0 Å². The van der Waals surface area contributed by atoms with Crippen molar-refractivity contribution in [2.24, 2.45) is 7.05 Å². The van der Waals surface area contributed by atoms with Crippen molar-refractivity contribution < 1.29 is 5.11 Å². The molecule has 30 heavy (non-hydrogen) atoms. The molecule has 1 N–H and O–H groups in total. The fraction of sp³-hybridized carbons (Fsp3) is 0.318. The summed E-state index contributed by atoms with van der Waals surface area (Å²) in [6.07, 6.45) is 9.24. The number of nitrogens with zero attached hydrogens (tertiary/aromatic N) is 6. The second-order valence-corrected chi connectivity index (χ2v) is 7.89. The Kier molecular flexibility index (Phi) is 4.43. The van der Waals surface area contributed by atoms with Crippen molar-refractivity contribution >= 4 is 10.9 Å². The van der Waals surface area contributed by atoms with Crippen molar-refractivity contribution in [3.63, 3.8) is 0 Å². The van der Waals surface area contributed by atoms with Gasteiger partial charge in [0.15, 0.2) is 0 Å². The smallest absolute Gasteiger partial charge is 0.261 e. The molecule has 152 valence electrons. The van der Waals surface area contributed by atoms with Gasteiger partial charge >= 0.3 is 0 Å². The van der Waals surface area contributed by atoms with Crippen LogP contribution < -0.4 is 5.56 Å². The predicted molar refractivity (Wildman–Crippen MR) is 113 cm³/mol. The van der Waals surface area contributed by atoms with Gasteiger partial charge in [0.1, 0.15) is 11.2 Å². The third kappa shape index (κ3) is 3.19. The molecular weight excluding hydrogens is 380 g/mol. The normalized spacial score (nSPS) is 14.9. The highest BCUT2D eigenvalue weighted by atomic mass is 16.3. The summed E-state index contributed by atoms with van der Waals surface area (Å²) in [7, 11) is 1.83. The van der Waals surface area contributed by atoms with E-state index in [9.17, 15) is 9.90 Å². The lowest BCUT2D eigenvalue weighted by Gasteiger charge is -2.14. The molecule has 4 heterocycles. The van der Waals surface area contributed by atoms with Crippen molar-refractivity contribution in [2.45, 2.75) is 31.7 Å². The third-order valence-corrected chi connectivity index (χ3v) is 5.56. The van der Waals surface area contributed by atoms with Gasteiger partial charge in [0, 0.05) is 42.2 Å². The fourth-order valence-electron chi connectivity index (χ4n) is 3.62. The maximum atomic E-state index is 13.2. The molecule has 1 saturated carbocycles. The summed E-state index contributed by atoms with van der Waals surface area (Å²) < 4.78 is 3.14. The summed E-state index contributed by atoms with van der Waals surface area (Å²) in [5.41, 5.74) is 4.29. The Morgan fingerprint density at radius 1 is 1.20 bits per heavy atom. The van der Waals surface area contributed by atoms with Crippen molar-refractivity contribution in [2.75, 3.05) is 6.61 Å². The molecule has 1 atom stereocenters. The summed E-state index contributed by atoms with van der Waals surface area (Å²) in [6, 6.07) is 5.44. The first-order valence-corrected chi connectivity index (χ1v) is 10.0. The van der Waals surface area contributed by atoms with Crippen molar-refractivity contribution in [3.05, 3.63) is 59.2 Å². The van der Waals surface area contributed by atoms with Crippen LogP contribution in [0.2, 0.25) is 0 Å². The van der Waals surface area contributed by atoms with Crippen molar-refractivity contribution in [1.29, 1.82) is 0 Å². The predicted octanol–water partition coefficient (Wildman–Crippen LogP) is 2.68. The Morgan fingerprint density at radius 2 is 2.03 bits per heavy atom. The lowest BCUT2D eigenvalue weighted by Crippen LogP contribution is -2.25. The zero-order valence-corrected chi connectivity index (χ0v) is 16.9. The molecule has 0 aromatic carbocycles. The van der Waals surface area contributed by atoms with Crippen LogP contribution in [0.1, 0.15) is 37.4 Å². The van der Waals surface area contributed by atoms with Crippen LogP contribution in [0, 0.1) is 0 Å². The lowest BCUT2D eigenvalue weighted by atomic mass is 10.1. The topological polar surface area (TPSA) is 98.7 Å². The Balaban J connectivity index is 1.73. The second-order valence-electron chi connectivity index (χ2n) is 7.89. The van der Waals surface area contributed by atoms with Gasteiger partial charge in [-0.1, -0.05) is 0 Å². The Morgan fingerprint density at radius 3 is 2.67 bits per heavy atom. The van der Waals surface area contributed by atoms with Gasteiger partial charge < -0.3 is 5.11 Å². The van der Waals surface area contributed by atoms with Crippen LogP contribution >= 0.6 is 0 Å². The van der Waals surface area contributed by atoms with Crippen LogP contribution in [-0.2, 0) is 7.05 Å². The summed E-state index contributed by atoms with van der Waals surface area (Å²) in [4.78, 5) is 27.1. The number of aryl methyl sites for hydroxylation is 1. The van der Waals surface area contributed by atoms with Crippen LogP contribution in [-0.4, -0.2) is 41.0 Å². The molecular formula is C22H22N6O2. The molecule has 0 spiro atoms. The van der Waals surface area contributed by atoms with E-state index in [1.54, 1.807) is 23.9 Å². The molecule has 0 unspecified atom stereocenters. The number of fused-ring (bicyclic) bond motifs is 1. The average molecular weight is 402 g/mol. The van der Waals surface area contributed by atoms with Gasteiger partial charge in [-0.15, -0.1) is 0 Å². The van der Waals surface area contributed by atoms with E-state index in [2.05, 4.69) is 15.1 Å². The summed E-state index contributed by atoms with van der Waals surface area (Å²) in [5.74, 6) is 0.575. The maximum absolute atomic E-state index is 13.2. The van der Waals surface area contributed by atoms with Gasteiger partial charge in [-0.3, -0.25) is 19.0 Å². The van der Waals surface area contributed by atoms with Crippen LogP contribution in [0.5, 0.6) is 0 Å². The fourth-order valence-corrected chi connectivity index (χ4v) is 3.62. The van der Waals surface area contributed by atoms with Gasteiger partial charge in [0.05, 0.1) is 36.3 Å². The molecule has 0 saturated heterocycles. The highest BCUT2D eigenvalue weighted by Gasteiger charge is 2.25. The number of aliphatic hydroxyl groups excluding tert-OH is 1. The number of aliphatic hydroxyl groups is 1. The van der Waals surface area contributed by atoms with Crippen molar-refractivity contribution in [3.8, 4) is 22.5 Å².